The number of halogens is 2. The third-order valence-electron chi connectivity index (χ3n) is 2.40. The van der Waals surface area contributed by atoms with Crippen molar-refractivity contribution in [2.45, 2.75) is 6.92 Å². The van der Waals surface area contributed by atoms with E-state index in [-0.39, 0.29) is 5.91 Å². The number of aromatic nitrogens is 1. The third-order valence-corrected chi connectivity index (χ3v) is 3.52. The van der Waals surface area contributed by atoms with Crippen LogP contribution in [0.4, 0.5) is 5.82 Å². The second kappa shape index (κ2) is 5.63. The second-order valence-corrected chi connectivity index (χ2v) is 5.52. The smallest absolute Gasteiger partial charge is 0.257 e. The maximum absolute atomic E-state index is 12.1. The van der Waals surface area contributed by atoms with Crippen molar-refractivity contribution in [1.29, 1.82) is 0 Å². The van der Waals surface area contributed by atoms with Gasteiger partial charge in [-0.05, 0) is 62.5 Å². The Morgan fingerprint density at radius 3 is 2.67 bits per heavy atom. The van der Waals surface area contributed by atoms with E-state index in [4.69, 9.17) is 0 Å². The van der Waals surface area contributed by atoms with Crippen molar-refractivity contribution in [2.24, 2.45) is 0 Å². The minimum Gasteiger partial charge on any atom is -0.306 e. The molecule has 0 unspecified atom stereocenters. The summed E-state index contributed by atoms with van der Waals surface area (Å²) < 4.78 is 1.65. The molecule has 0 saturated carbocycles. The summed E-state index contributed by atoms with van der Waals surface area (Å²) in [6.07, 6.45) is 1.66. The van der Waals surface area contributed by atoms with E-state index in [2.05, 4.69) is 42.2 Å². The SMILES string of the molecule is Cc1cc(Br)cnc1NC(=O)c1ccccc1Br. The molecule has 18 heavy (non-hydrogen) atoms. The second-order valence-electron chi connectivity index (χ2n) is 3.75. The summed E-state index contributed by atoms with van der Waals surface area (Å²) in [5, 5.41) is 2.79. The van der Waals surface area contributed by atoms with E-state index in [0.717, 1.165) is 14.5 Å². The number of carbonyl (C=O) groups is 1. The Hall–Kier alpha value is -1.20. The Morgan fingerprint density at radius 1 is 1.28 bits per heavy atom. The largest absolute Gasteiger partial charge is 0.306 e. The summed E-state index contributed by atoms with van der Waals surface area (Å²) in [6, 6.07) is 9.18. The van der Waals surface area contributed by atoms with Crippen molar-refractivity contribution >= 4 is 43.6 Å². The summed E-state index contributed by atoms with van der Waals surface area (Å²) in [5.74, 6) is 0.388. The van der Waals surface area contributed by atoms with Crippen LogP contribution < -0.4 is 5.32 Å². The molecule has 0 atom stereocenters. The van der Waals surface area contributed by atoms with Gasteiger partial charge in [-0.1, -0.05) is 12.1 Å². The normalized spacial score (nSPS) is 10.2. The lowest BCUT2D eigenvalue weighted by atomic mass is 10.2. The van der Waals surface area contributed by atoms with Crippen LogP contribution in [0.2, 0.25) is 0 Å². The quantitative estimate of drug-likeness (QED) is 0.863. The predicted octanol–water partition coefficient (Wildman–Crippen LogP) is 4.17. The number of pyridine rings is 1. The van der Waals surface area contributed by atoms with Gasteiger partial charge in [0.05, 0.1) is 5.56 Å². The minimum atomic E-state index is -0.180. The van der Waals surface area contributed by atoms with Gasteiger partial charge in [0, 0.05) is 15.1 Å². The van der Waals surface area contributed by atoms with Crippen LogP contribution in [0.3, 0.4) is 0 Å². The maximum Gasteiger partial charge on any atom is 0.257 e. The Bertz CT molecular complexity index is 599. The number of nitrogens with zero attached hydrogens (tertiary/aromatic N) is 1. The van der Waals surface area contributed by atoms with E-state index in [0.29, 0.717) is 11.4 Å². The molecule has 1 aromatic heterocycles. The number of benzene rings is 1. The Labute approximate surface area is 122 Å². The summed E-state index contributed by atoms with van der Waals surface area (Å²) >= 11 is 6.69. The van der Waals surface area contributed by atoms with E-state index >= 15 is 0 Å². The molecule has 1 amide bonds. The van der Waals surface area contributed by atoms with Crippen LogP contribution >= 0.6 is 31.9 Å². The average molecular weight is 370 g/mol. The van der Waals surface area contributed by atoms with Gasteiger partial charge in [0.2, 0.25) is 0 Å². The standard InChI is InChI=1S/C13H10Br2N2O/c1-8-6-9(14)7-16-12(8)17-13(18)10-4-2-3-5-11(10)15/h2-7H,1H3,(H,16,17,18). The molecule has 0 aliphatic heterocycles. The molecule has 1 aromatic carbocycles. The first-order valence-corrected chi connectivity index (χ1v) is 6.84. The van der Waals surface area contributed by atoms with E-state index in [1.807, 2.05) is 31.2 Å². The predicted molar refractivity (Wildman–Crippen MR) is 78.8 cm³/mol. The Balaban J connectivity index is 2.24. The molecule has 2 aromatic rings. The molecule has 92 valence electrons. The topological polar surface area (TPSA) is 42.0 Å². The molecule has 0 bridgehead atoms. The molecule has 0 aliphatic rings. The van der Waals surface area contributed by atoms with Crippen molar-refractivity contribution in [3.63, 3.8) is 0 Å². The zero-order valence-corrected chi connectivity index (χ0v) is 12.7. The molecule has 0 spiro atoms. The van der Waals surface area contributed by atoms with Crippen molar-refractivity contribution < 1.29 is 4.79 Å². The van der Waals surface area contributed by atoms with Gasteiger partial charge in [0.15, 0.2) is 0 Å². The van der Waals surface area contributed by atoms with Gasteiger partial charge in [0.25, 0.3) is 5.91 Å². The van der Waals surface area contributed by atoms with Crippen molar-refractivity contribution in [1.82, 2.24) is 4.98 Å². The van der Waals surface area contributed by atoms with Crippen LogP contribution in [0.5, 0.6) is 0 Å². The number of carbonyl (C=O) groups excluding carboxylic acids is 1. The fraction of sp³-hybridized carbons (Fsp3) is 0.0769. The molecule has 1 N–H and O–H groups in total. The zero-order valence-electron chi connectivity index (χ0n) is 9.58. The fourth-order valence-electron chi connectivity index (χ4n) is 1.49. The number of aryl methyl sites for hydroxylation is 1. The van der Waals surface area contributed by atoms with Crippen LogP contribution in [-0.4, -0.2) is 10.9 Å². The first-order valence-electron chi connectivity index (χ1n) is 5.26. The lowest BCUT2D eigenvalue weighted by molar-refractivity contribution is 0.102. The third kappa shape index (κ3) is 2.97. The van der Waals surface area contributed by atoms with Crippen LogP contribution in [0, 0.1) is 6.92 Å². The molecular weight excluding hydrogens is 360 g/mol. The highest BCUT2D eigenvalue weighted by Crippen LogP contribution is 2.20. The van der Waals surface area contributed by atoms with Gasteiger partial charge >= 0.3 is 0 Å². The van der Waals surface area contributed by atoms with Crippen LogP contribution in [-0.2, 0) is 0 Å². The molecule has 3 nitrogen and oxygen atoms in total. The number of nitrogens with one attached hydrogen (secondary N) is 1. The van der Waals surface area contributed by atoms with E-state index in [1.54, 1.807) is 12.3 Å². The van der Waals surface area contributed by atoms with E-state index < -0.39 is 0 Å². The first-order chi connectivity index (χ1) is 8.58. The number of anilines is 1. The van der Waals surface area contributed by atoms with Crippen LogP contribution in [0.15, 0.2) is 45.5 Å². The van der Waals surface area contributed by atoms with Gasteiger partial charge in [0.1, 0.15) is 5.82 Å². The lowest BCUT2D eigenvalue weighted by Crippen LogP contribution is -2.14. The number of hydrogen-bond acceptors (Lipinski definition) is 2. The zero-order chi connectivity index (χ0) is 13.1. The highest BCUT2D eigenvalue weighted by Gasteiger charge is 2.11. The van der Waals surface area contributed by atoms with Gasteiger partial charge in [-0.3, -0.25) is 4.79 Å². The number of hydrogen-bond donors (Lipinski definition) is 1. The highest BCUT2D eigenvalue weighted by molar-refractivity contribution is 9.10. The Kier molecular flexibility index (Phi) is 4.14. The molecule has 0 radical (unpaired) electrons. The van der Waals surface area contributed by atoms with E-state index in [9.17, 15) is 4.79 Å². The summed E-state index contributed by atoms with van der Waals surface area (Å²) in [5.41, 5.74) is 1.49. The van der Waals surface area contributed by atoms with Gasteiger partial charge in [-0.15, -0.1) is 0 Å². The van der Waals surface area contributed by atoms with Crippen molar-refractivity contribution in [3.05, 3.63) is 56.6 Å². The minimum absolute atomic E-state index is 0.180. The van der Waals surface area contributed by atoms with Crippen LogP contribution in [0.1, 0.15) is 15.9 Å². The van der Waals surface area contributed by atoms with Crippen LogP contribution in [0.25, 0.3) is 0 Å². The molecule has 0 aliphatic carbocycles. The highest BCUT2D eigenvalue weighted by atomic mass is 79.9. The Morgan fingerprint density at radius 2 is 2.00 bits per heavy atom. The number of rotatable bonds is 2. The number of amides is 1. The summed E-state index contributed by atoms with van der Waals surface area (Å²) in [4.78, 5) is 16.3. The molecular formula is C13H10Br2N2O. The van der Waals surface area contributed by atoms with Crippen molar-refractivity contribution in [2.75, 3.05) is 5.32 Å². The monoisotopic (exact) mass is 368 g/mol. The van der Waals surface area contributed by atoms with Crippen molar-refractivity contribution in [3.8, 4) is 0 Å². The fourth-order valence-corrected chi connectivity index (χ4v) is 2.40. The average Bonchev–Trinajstić information content (AvgIpc) is 2.33. The maximum atomic E-state index is 12.1. The lowest BCUT2D eigenvalue weighted by Gasteiger charge is -2.08. The van der Waals surface area contributed by atoms with E-state index in [1.165, 1.54) is 0 Å². The first kappa shape index (κ1) is 13.2. The summed E-state index contributed by atoms with van der Waals surface area (Å²) in [7, 11) is 0. The molecule has 0 fully saturated rings. The summed E-state index contributed by atoms with van der Waals surface area (Å²) in [6.45, 7) is 1.90. The molecule has 2 rings (SSSR count). The van der Waals surface area contributed by atoms with Gasteiger partial charge < -0.3 is 5.32 Å². The molecule has 0 saturated heterocycles. The van der Waals surface area contributed by atoms with Gasteiger partial charge in [-0.2, -0.15) is 0 Å². The molecule has 5 heteroatoms. The van der Waals surface area contributed by atoms with Gasteiger partial charge in [-0.25, -0.2) is 4.98 Å². The molecule has 1 heterocycles.